The summed E-state index contributed by atoms with van der Waals surface area (Å²) < 4.78 is 0. The second-order valence-corrected chi connectivity index (χ2v) is 9.91. The summed E-state index contributed by atoms with van der Waals surface area (Å²) in [5, 5.41) is 30.0. The van der Waals surface area contributed by atoms with Crippen LogP contribution in [0.5, 0.6) is 0 Å². The van der Waals surface area contributed by atoms with Gasteiger partial charge in [-0.1, -0.05) is 29.8 Å². The van der Waals surface area contributed by atoms with Crippen LogP contribution in [-0.2, 0) is 4.79 Å². The number of aliphatic hydroxyl groups is 3. The molecule has 3 aliphatic carbocycles. The molecule has 0 aromatic rings. The van der Waals surface area contributed by atoms with E-state index in [0.717, 1.165) is 32.1 Å². The van der Waals surface area contributed by atoms with Crippen LogP contribution < -0.4 is 0 Å². The number of hydrogen-bond donors (Lipinski definition) is 3. The maximum atomic E-state index is 12.7. The van der Waals surface area contributed by atoms with Crippen molar-refractivity contribution in [1.82, 2.24) is 0 Å². The van der Waals surface area contributed by atoms with Gasteiger partial charge in [0.05, 0.1) is 23.0 Å². The highest BCUT2D eigenvalue weighted by Gasteiger charge is 2.61. The highest BCUT2D eigenvalue weighted by atomic mass is 79.9. The standard InChI is InChI=1S/C19H31BrO4/c1-11-14(18(2)5-3-13(23)7-12(18)9-21)4-6-19(10-22)15(11)8-16(20)17(19)24/h11-16,21-23H,3-10H2,1-2H3/t11?,12-,13+,14?,15?,16-,18+,19-/m1/s1. The second-order valence-electron chi connectivity index (χ2n) is 8.81. The van der Waals surface area contributed by atoms with E-state index in [1.54, 1.807) is 0 Å². The first-order valence-electron chi connectivity index (χ1n) is 9.38. The zero-order valence-corrected chi connectivity index (χ0v) is 16.3. The lowest BCUT2D eigenvalue weighted by Crippen LogP contribution is -2.52. The molecule has 0 spiro atoms. The number of hydrogen-bond acceptors (Lipinski definition) is 4. The molecule has 0 heterocycles. The van der Waals surface area contributed by atoms with Crippen molar-refractivity contribution in [2.75, 3.05) is 13.2 Å². The van der Waals surface area contributed by atoms with Gasteiger partial charge >= 0.3 is 0 Å². The summed E-state index contributed by atoms with van der Waals surface area (Å²) in [5.41, 5.74) is -0.564. The average Bonchev–Trinajstić information content (AvgIpc) is 2.83. The van der Waals surface area contributed by atoms with Gasteiger partial charge in [0.15, 0.2) is 5.78 Å². The first kappa shape index (κ1) is 18.8. The van der Waals surface area contributed by atoms with Crippen LogP contribution in [-0.4, -0.2) is 45.2 Å². The minimum atomic E-state index is -0.566. The lowest BCUT2D eigenvalue weighted by Gasteiger charge is -2.55. The predicted molar refractivity (Wildman–Crippen MR) is 95.8 cm³/mol. The molecule has 3 N–H and O–H groups in total. The molecule has 3 aliphatic rings. The van der Waals surface area contributed by atoms with Crippen LogP contribution in [0.1, 0.15) is 52.4 Å². The van der Waals surface area contributed by atoms with Crippen molar-refractivity contribution in [3.05, 3.63) is 0 Å². The molecule has 0 aromatic carbocycles. The molecule has 3 rings (SSSR count). The number of aliphatic hydroxyl groups excluding tert-OH is 3. The monoisotopic (exact) mass is 402 g/mol. The average molecular weight is 403 g/mol. The van der Waals surface area contributed by atoms with E-state index < -0.39 is 5.41 Å². The van der Waals surface area contributed by atoms with Gasteiger partial charge in [-0.05, 0) is 67.6 Å². The predicted octanol–water partition coefficient (Wildman–Crippen LogP) is 2.52. The summed E-state index contributed by atoms with van der Waals surface area (Å²) >= 11 is 3.53. The lowest BCUT2D eigenvalue weighted by molar-refractivity contribution is -0.141. The van der Waals surface area contributed by atoms with Crippen LogP contribution in [0.4, 0.5) is 0 Å². The Kier molecular flexibility index (Phi) is 5.20. The summed E-state index contributed by atoms with van der Waals surface area (Å²) in [7, 11) is 0. The van der Waals surface area contributed by atoms with Crippen LogP contribution in [0.3, 0.4) is 0 Å². The third kappa shape index (κ3) is 2.62. The number of alkyl halides is 1. The van der Waals surface area contributed by atoms with Gasteiger partial charge in [0.2, 0.25) is 0 Å². The Balaban J connectivity index is 1.88. The van der Waals surface area contributed by atoms with Crippen molar-refractivity contribution < 1.29 is 20.1 Å². The smallest absolute Gasteiger partial charge is 0.155 e. The molecular formula is C19H31BrO4. The molecule has 138 valence electrons. The molecule has 3 fully saturated rings. The van der Waals surface area contributed by atoms with Crippen LogP contribution in [0.25, 0.3) is 0 Å². The third-order valence-electron chi connectivity index (χ3n) is 7.97. The normalized spacial score (nSPS) is 52.3. The van der Waals surface area contributed by atoms with E-state index in [-0.39, 0.29) is 47.2 Å². The molecular weight excluding hydrogens is 372 g/mol. The highest BCUT2D eigenvalue weighted by molar-refractivity contribution is 9.10. The molecule has 3 saturated carbocycles. The number of carbonyl (C=O) groups is 1. The van der Waals surface area contributed by atoms with Gasteiger partial charge in [-0.15, -0.1) is 0 Å². The van der Waals surface area contributed by atoms with Crippen molar-refractivity contribution in [3.8, 4) is 0 Å². The van der Waals surface area contributed by atoms with E-state index in [4.69, 9.17) is 0 Å². The number of halogens is 1. The molecule has 3 unspecified atom stereocenters. The molecule has 8 atom stereocenters. The van der Waals surface area contributed by atoms with Crippen molar-refractivity contribution in [1.29, 1.82) is 0 Å². The van der Waals surface area contributed by atoms with Crippen molar-refractivity contribution in [2.45, 2.75) is 63.3 Å². The summed E-state index contributed by atoms with van der Waals surface area (Å²) in [6.45, 7) is 4.58. The molecule has 24 heavy (non-hydrogen) atoms. The minimum Gasteiger partial charge on any atom is -0.396 e. The van der Waals surface area contributed by atoms with E-state index in [1.807, 2.05) is 0 Å². The van der Waals surface area contributed by atoms with E-state index in [1.165, 1.54) is 0 Å². The quantitative estimate of drug-likeness (QED) is 0.633. The Morgan fingerprint density at radius 3 is 2.50 bits per heavy atom. The van der Waals surface area contributed by atoms with E-state index in [0.29, 0.717) is 18.3 Å². The fraction of sp³-hybridized carbons (Fsp3) is 0.947. The maximum Gasteiger partial charge on any atom is 0.155 e. The van der Waals surface area contributed by atoms with Crippen molar-refractivity contribution >= 4 is 21.7 Å². The Labute approximate surface area is 153 Å². The van der Waals surface area contributed by atoms with Gasteiger partial charge in [-0.2, -0.15) is 0 Å². The topological polar surface area (TPSA) is 77.8 Å². The molecule has 0 amide bonds. The molecule has 0 saturated heterocycles. The third-order valence-corrected chi connectivity index (χ3v) is 8.76. The number of Topliss-reactive ketones (excluding diaryl/α,β-unsaturated/α-hetero) is 1. The van der Waals surface area contributed by atoms with Gasteiger partial charge < -0.3 is 15.3 Å². The first-order chi connectivity index (χ1) is 11.3. The molecule has 0 aromatic heterocycles. The molecule has 0 aliphatic heterocycles. The Morgan fingerprint density at radius 2 is 1.88 bits per heavy atom. The second kappa shape index (κ2) is 6.64. The largest absolute Gasteiger partial charge is 0.396 e. The van der Waals surface area contributed by atoms with Crippen LogP contribution in [0.2, 0.25) is 0 Å². The van der Waals surface area contributed by atoms with Crippen LogP contribution >= 0.6 is 15.9 Å². The van der Waals surface area contributed by atoms with Crippen molar-refractivity contribution in [3.63, 3.8) is 0 Å². The lowest BCUT2D eigenvalue weighted by atomic mass is 9.49. The summed E-state index contributed by atoms with van der Waals surface area (Å²) in [6, 6.07) is 0. The van der Waals surface area contributed by atoms with Gasteiger partial charge in [-0.3, -0.25) is 4.79 Å². The highest BCUT2D eigenvalue weighted by Crippen LogP contribution is 2.61. The van der Waals surface area contributed by atoms with Crippen molar-refractivity contribution in [2.24, 2.45) is 34.5 Å². The van der Waals surface area contributed by atoms with Gasteiger partial charge in [0, 0.05) is 6.61 Å². The summed E-state index contributed by atoms with van der Waals surface area (Å²) in [5.74, 6) is 1.28. The number of rotatable bonds is 3. The van der Waals surface area contributed by atoms with Gasteiger partial charge in [0.1, 0.15) is 0 Å². The van der Waals surface area contributed by atoms with E-state index in [9.17, 15) is 20.1 Å². The number of carbonyl (C=O) groups excluding carboxylic acids is 1. The zero-order chi connectivity index (χ0) is 17.7. The molecule has 4 nitrogen and oxygen atoms in total. The molecule has 0 radical (unpaired) electrons. The summed E-state index contributed by atoms with van der Waals surface area (Å²) in [6.07, 6.45) is 4.58. The number of fused-ring (bicyclic) bond motifs is 1. The Morgan fingerprint density at radius 1 is 1.17 bits per heavy atom. The van der Waals surface area contributed by atoms with Gasteiger partial charge in [-0.25, -0.2) is 0 Å². The number of ketones is 1. The maximum absolute atomic E-state index is 12.7. The SMILES string of the molecule is CC1C2C[C@@H](Br)C(=O)[C@@]2(CO)CCC1[C@@]1(C)CC[C@H](O)C[C@@H]1CO. The molecule has 0 bridgehead atoms. The van der Waals surface area contributed by atoms with E-state index >= 15 is 0 Å². The van der Waals surface area contributed by atoms with Crippen LogP contribution in [0, 0.1) is 34.5 Å². The minimum absolute atomic E-state index is 0.00244. The van der Waals surface area contributed by atoms with Gasteiger partial charge in [0.25, 0.3) is 0 Å². The Bertz CT molecular complexity index is 498. The molecule has 5 heteroatoms. The summed E-state index contributed by atoms with van der Waals surface area (Å²) in [4.78, 5) is 12.6. The first-order valence-corrected chi connectivity index (χ1v) is 10.3. The van der Waals surface area contributed by atoms with Crippen LogP contribution in [0.15, 0.2) is 0 Å². The Hall–Kier alpha value is 0.0300. The zero-order valence-electron chi connectivity index (χ0n) is 14.7. The van der Waals surface area contributed by atoms with E-state index in [2.05, 4.69) is 29.8 Å². The fourth-order valence-corrected chi connectivity index (χ4v) is 7.26. The fourth-order valence-electron chi connectivity index (χ4n) is 6.41.